The van der Waals surface area contributed by atoms with Crippen LogP contribution in [0.1, 0.15) is 35.7 Å². The number of alkyl halides is 3. The first-order chi connectivity index (χ1) is 9.29. The van der Waals surface area contributed by atoms with Gasteiger partial charge in [-0.15, -0.1) is 12.3 Å². The van der Waals surface area contributed by atoms with Gasteiger partial charge in [0.1, 0.15) is 0 Å². The van der Waals surface area contributed by atoms with Crippen molar-refractivity contribution >= 4 is 11.7 Å². The number of carbonyl (C=O) groups is 1. The minimum Gasteiger partial charge on any atom is -0.478 e. The van der Waals surface area contributed by atoms with Gasteiger partial charge in [0, 0.05) is 18.2 Å². The molecule has 6 heteroatoms. The molecule has 0 bridgehead atoms. The molecule has 108 valence electrons. The van der Waals surface area contributed by atoms with Crippen LogP contribution in [0.25, 0.3) is 0 Å². The fourth-order valence-corrected chi connectivity index (χ4v) is 1.73. The molecule has 1 aromatic carbocycles. The van der Waals surface area contributed by atoms with Crippen molar-refractivity contribution in [2.75, 3.05) is 5.32 Å². The molecular weight excluding hydrogens is 271 g/mol. The highest BCUT2D eigenvalue weighted by Gasteiger charge is 2.35. The first-order valence-corrected chi connectivity index (χ1v) is 5.94. The van der Waals surface area contributed by atoms with Gasteiger partial charge in [-0.1, -0.05) is 6.92 Å². The van der Waals surface area contributed by atoms with E-state index in [1.54, 1.807) is 0 Å². The van der Waals surface area contributed by atoms with Gasteiger partial charge in [-0.25, -0.2) is 4.79 Å². The fraction of sp³-hybridized carbons (Fsp3) is 0.357. The lowest BCUT2D eigenvalue weighted by Gasteiger charge is -2.17. The Morgan fingerprint density at radius 1 is 1.50 bits per heavy atom. The number of hydrogen-bond donors (Lipinski definition) is 2. The summed E-state index contributed by atoms with van der Waals surface area (Å²) in [7, 11) is 0. The molecule has 0 fully saturated rings. The van der Waals surface area contributed by atoms with E-state index in [4.69, 9.17) is 11.5 Å². The van der Waals surface area contributed by atoms with Crippen LogP contribution < -0.4 is 5.32 Å². The molecule has 1 aromatic rings. The van der Waals surface area contributed by atoms with Gasteiger partial charge in [0.05, 0.1) is 11.1 Å². The largest absolute Gasteiger partial charge is 0.478 e. The van der Waals surface area contributed by atoms with Crippen LogP contribution in [-0.4, -0.2) is 17.1 Å². The Morgan fingerprint density at radius 2 is 2.15 bits per heavy atom. The molecule has 0 amide bonds. The number of carboxylic acid groups (broad SMARTS) is 1. The van der Waals surface area contributed by atoms with Crippen LogP contribution in [0.2, 0.25) is 0 Å². The summed E-state index contributed by atoms with van der Waals surface area (Å²) >= 11 is 0. The zero-order chi connectivity index (χ0) is 15.3. The van der Waals surface area contributed by atoms with Gasteiger partial charge in [0.2, 0.25) is 0 Å². The molecule has 0 aliphatic carbocycles. The minimum atomic E-state index is -4.70. The van der Waals surface area contributed by atoms with Crippen LogP contribution in [0.5, 0.6) is 0 Å². The summed E-state index contributed by atoms with van der Waals surface area (Å²) in [4.78, 5) is 10.9. The van der Waals surface area contributed by atoms with Crippen molar-refractivity contribution in [3.8, 4) is 12.3 Å². The van der Waals surface area contributed by atoms with E-state index in [1.165, 1.54) is 6.07 Å². The fourth-order valence-electron chi connectivity index (χ4n) is 1.73. The first kappa shape index (κ1) is 15.9. The monoisotopic (exact) mass is 285 g/mol. The number of anilines is 1. The van der Waals surface area contributed by atoms with E-state index < -0.39 is 23.3 Å². The Kier molecular flexibility index (Phi) is 5.03. The molecule has 2 N–H and O–H groups in total. The Labute approximate surface area is 114 Å². The number of benzene rings is 1. The van der Waals surface area contributed by atoms with E-state index in [9.17, 15) is 18.0 Å². The standard InChI is InChI=1S/C14H14F3NO2/c1-3-5-9(4-2)18-10-6-7-12(14(15,16)17)11(8-10)13(19)20/h1,6-9,18H,4-5H2,2H3,(H,19,20). The second kappa shape index (κ2) is 6.33. The van der Waals surface area contributed by atoms with E-state index in [0.717, 1.165) is 12.1 Å². The van der Waals surface area contributed by atoms with Gasteiger partial charge in [-0.3, -0.25) is 0 Å². The molecular formula is C14H14F3NO2. The summed E-state index contributed by atoms with van der Waals surface area (Å²) < 4.78 is 38.0. The Balaban J connectivity index is 3.11. The van der Waals surface area contributed by atoms with Gasteiger partial charge < -0.3 is 10.4 Å². The molecule has 3 nitrogen and oxygen atoms in total. The summed E-state index contributed by atoms with van der Waals surface area (Å²) in [5.74, 6) is 0.834. The maximum absolute atomic E-state index is 12.7. The van der Waals surface area contributed by atoms with Gasteiger partial charge in [-0.2, -0.15) is 13.2 Å². The summed E-state index contributed by atoms with van der Waals surface area (Å²) in [6.45, 7) is 1.87. The molecule has 0 aliphatic rings. The van der Waals surface area contributed by atoms with Crippen LogP contribution in [0, 0.1) is 12.3 Å². The van der Waals surface area contributed by atoms with Crippen LogP contribution in [0.4, 0.5) is 18.9 Å². The quantitative estimate of drug-likeness (QED) is 0.812. The van der Waals surface area contributed by atoms with Crippen LogP contribution in [0.3, 0.4) is 0 Å². The maximum atomic E-state index is 12.7. The van der Waals surface area contributed by atoms with Crippen LogP contribution in [0.15, 0.2) is 18.2 Å². The molecule has 0 heterocycles. The van der Waals surface area contributed by atoms with Gasteiger partial charge in [0.25, 0.3) is 0 Å². The number of terminal acetylenes is 1. The van der Waals surface area contributed by atoms with Crippen molar-refractivity contribution in [2.24, 2.45) is 0 Å². The Bertz CT molecular complexity index is 532. The molecule has 0 saturated carbocycles. The van der Waals surface area contributed by atoms with Gasteiger partial charge in [0.15, 0.2) is 0 Å². The third-order valence-corrected chi connectivity index (χ3v) is 2.78. The smallest absolute Gasteiger partial charge is 0.417 e. The minimum absolute atomic E-state index is 0.113. The van der Waals surface area contributed by atoms with E-state index >= 15 is 0 Å². The number of halogens is 3. The third kappa shape index (κ3) is 3.92. The van der Waals surface area contributed by atoms with Gasteiger partial charge in [-0.05, 0) is 24.6 Å². The number of carboxylic acids is 1. The summed E-state index contributed by atoms with van der Waals surface area (Å²) in [6.07, 6.45) is 1.56. The highest BCUT2D eigenvalue weighted by molar-refractivity contribution is 5.91. The zero-order valence-electron chi connectivity index (χ0n) is 10.8. The molecule has 20 heavy (non-hydrogen) atoms. The Hall–Kier alpha value is -2.16. The summed E-state index contributed by atoms with van der Waals surface area (Å²) in [5, 5.41) is 11.8. The van der Waals surface area contributed by atoms with Crippen molar-refractivity contribution < 1.29 is 23.1 Å². The number of aromatic carboxylic acids is 1. The zero-order valence-corrected chi connectivity index (χ0v) is 10.8. The maximum Gasteiger partial charge on any atom is 0.417 e. The molecule has 1 unspecified atom stereocenters. The van der Waals surface area contributed by atoms with Crippen molar-refractivity contribution in [1.82, 2.24) is 0 Å². The molecule has 1 rings (SSSR count). The lowest BCUT2D eigenvalue weighted by Crippen LogP contribution is -2.19. The molecule has 0 spiro atoms. The predicted molar refractivity (Wildman–Crippen MR) is 69.6 cm³/mol. The second-order valence-electron chi connectivity index (χ2n) is 4.22. The van der Waals surface area contributed by atoms with Crippen molar-refractivity contribution in [1.29, 1.82) is 0 Å². The van der Waals surface area contributed by atoms with Crippen molar-refractivity contribution in [3.05, 3.63) is 29.3 Å². The average Bonchev–Trinajstić information content (AvgIpc) is 2.36. The van der Waals surface area contributed by atoms with E-state index in [0.29, 0.717) is 18.5 Å². The second-order valence-corrected chi connectivity index (χ2v) is 4.22. The highest BCUT2D eigenvalue weighted by atomic mass is 19.4. The number of hydrogen-bond acceptors (Lipinski definition) is 2. The molecule has 0 aliphatic heterocycles. The molecule has 0 aromatic heterocycles. The van der Waals surface area contributed by atoms with E-state index in [2.05, 4.69) is 11.2 Å². The molecule has 1 atom stereocenters. The van der Waals surface area contributed by atoms with E-state index in [-0.39, 0.29) is 6.04 Å². The lowest BCUT2D eigenvalue weighted by molar-refractivity contribution is -0.138. The van der Waals surface area contributed by atoms with Crippen LogP contribution in [-0.2, 0) is 6.18 Å². The van der Waals surface area contributed by atoms with Gasteiger partial charge >= 0.3 is 12.1 Å². The highest BCUT2D eigenvalue weighted by Crippen LogP contribution is 2.33. The molecule has 0 radical (unpaired) electrons. The number of nitrogens with one attached hydrogen (secondary N) is 1. The van der Waals surface area contributed by atoms with Crippen molar-refractivity contribution in [2.45, 2.75) is 32.0 Å². The Morgan fingerprint density at radius 3 is 2.60 bits per heavy atom. The summed E-state index contributed by atoms with van der Waals surface area (Å²) in [6, 6.07) is 2.83. The lowest BCUT2D eigenvalue weighted by atomic mass is 10.0. The SMILES string of the molecule is C#CCC(CC)Nc1ccc(C(F)(F)F)c(C(=O)O)c1. The van der Waals surface area contributed by atoms with Crippen molar-refractivity contribution in [3.63, 3.8) is 0 Å². The molecule has 0 saturated heterocycles. The summed E-state index contributed by atoms with van der Waals surface area (Å²) in [5.41, 5.74) is -1.64. The topological polar surface area (TPSA) is 49.3 Å². The van der Waals surface area contributed by atoms with E-state index in [1.807, 2.05) is 6.92 Å². The first-order valence-electron chi connectivity index (χ1n) is 5.94. The third-order valence-electron chi connectivity index (χ3n) is 2.78. The number of rotatable bonds is 5. The predicted octanol–water partition coefficient (Wildman–Crippen LogP) is 3.62. The average molecular weight is 285 g/mol. The normalized spacial score (nSPS) is 12.6. The van der Waals surface area contributed by atoms with Crippen LogP contribution >= 0.6 is 0 Å².